The predicted molar refractivity (Wildman–Crippen MR) is 81.7 cm³/mol. The molecule has 0 saturated carbocycles. The van der Waals surface area contributed by atoms with Crippen molar-refractivity contribution in [1.29, 1.82) is 0 Å². The molecule has 0 aromatic heterocycles. The second-order valence-corrected chi connectivity index (χ2v) is 9.06. The van der Waals surface area contributed by atoms with Crippen LogP contribution in [0.1, 0.15) is 45.4 Å². The van der Waals surface area contributed by atoms with Gasteiger partial charge >= 0.3 is 0 Å². The van der Waals surface area contributed by atoms with E-state index in [0.717, 1.165) is 25.7 Å². The van der Waals surface area contributed by atoms with Gasteiger partial charge in [-0.05, 0) is 32.1 Å². The summed E-state index contributed by atoms with van der Waals surface area (Å²) in [5.41, 5.74) is 0. The van der Waals surface area contributed by atoms with Crippen LogP contribution >= 0.6 is 0 Å². The first-order valence-electron chi connectivity index (χ1n) is 8.27. The van der Waals surface area contributed by atoms with Crippen molar-refractivity contribution in [2.45, 2.75) is 63.6 Å². The van der Waals surface area contributed by atoms with Crippen LogP contribution in [0.25, 0.3) is 0 Å². The van der Waals surface area contributed by atoms with Crippen LogP contribution in [0.15, 0.2) is 0 Å². The second-order valence-electron chi connectivity index (χ2n) is 6.83. The molecule has 6 heteroatoms. The zero-order chi connectivity index (χ0) is 15.0. The summed E-state index contributed by atoms with van der Waals surface area (Å²) >= 11 is 0. The van der Waals surface area contributed by atoms with E-state index in [4.69, 9.17) is 0 Å². The van der Waals surface area contributed by atoms with E-state index in [9.17, 15) is 13.2 Å². The smallest absolute Gasteiger partial charge is 0.227 e. The normalized spacial score (nSPS) is 37.0. The van der Waals surface area contributed by atoms with Crippen molar-refractivity contribution in [2.75, 3.05) is 18.1 Å². The van der Waals surface area contributed by atoms with Gasteiger partial charge in [0.1, 0.15) is 0 Å². The average molecular weight is 314 g/mol. The Labute approximate surface area is 127 Å². The molecule has 0 aliphatic carbocycles. The third-order valence-corrected chi connectivity index (χ3v) is 7.05. The maximum atomic E-state index is 12.9. The van der Waals surface area contributed by atoms with Crippen LogP contribution in [-0.2, 0) is 14.6 Å². The lowest BCUT2D eigenvalue weighted by Gasteiger charge is -2.33. The molecule has 4 atom stereocenters. The second kappa shape index (κ2) is 5.88. The Hall–Kier alpha value is -0.620. The van der Waals surface area contributed by atoms with E-state index in [0.29, 0.717) is 25.0 Å². The first-order chi connectivity index (χ1) is 10.00. The van der Waals surface area contributed by atoms with Gasteiger partial charge in [-0.25, -0.2) is 8.42 Å². The highest BCUT2D eigenvalue weighted by Crippen LogP contribution is 2.35. The number of unbranched alkanes of at least 4 members (excludes halogenated alkanes) is 1. The molecule has 3 rings (SSSR count). The molecule has 2 bridgehead atoms. The molecule has 0 aromatic carbocycles. The van der Waals surface area contributed by atoms with Crippen molar-refractivity contribution >= 4 is 15.7 Å². The van der Waals surface area contributed by atoms with Crippen LogP contribution in [0.3, 0.4) is 0 Å². The summed E-state index contributed by atoms with van der Waals surface area (Å²) in [6.07, 6.45) is 5.80. The number of rotatable bonds is 5. The Morgan fingerprint density at radius 3 is 2.62 bits per heavy atom. The van der Waals surface area contributed by atoms with Crippen LogP contribution in [0.2, 0.25) is 0 Å². The highest BCUT2D eigenvalue weighted by atomic mass is 32.2. The minimum absolute atomic E-state index is 0.0731. The first kappa shape index (κ1) is 15.3. The Morgan fingerprint density at radius 1 is 1.29 bits per heavy atom. The van der Waals surface area contributed by atoms with Gasteiger partial charge in [-0.2, -0.15) is 0 Å². The molecule has 3 fully saturated rings. The molecule has 3 aliphatic heterocycles. The molecule has 0 radical (unpaired) electrons. The molecule has 120 valence electrons. The van der Waals surface area contributed by atoms with E-state index >= 15 is 0 Å². The van der Waals surface area contributed by atoms with Gasteiger partial charge in [-0.3, -0.25) is 4.79 Å². The Balaban J connectivity index is 1.71. The molecule has 3 saturated heterocycles. The number of sulfone groups is 1. The zero-order valence-corrected chi connectivity index (χ0v) is 13.6. The molecule has 1 amide bonds. The van der Waals surface area contributed by atoms with Gasteiger partial charge in [0.15, 0.2) is 9.84 Å². The summed E-state index contributed by atoms with van der Waals surface area (Å²) in [6, 6.07) is 0.738. The van der Waals surface area contributed by atoms with Crippen molar-refractivity contribution < 1.29 is 13.2 Å². The number of carbonyl (C=O) groups excluding carboxylic acids is 1. The van der Waals surface area contributed by atoms with Gasteiger partial charge in [0.25, 0.3) is 0 Å². The molecular weight excluding hydrogens is 288 g/mol. The average Bonchev–Trinajstić information content (AvgIpc) is 3.14. The van der Waals surface area contributed by atoms with E-state index in [-0.39, 0.29) is 29.4 Å². The summed E-state index contributed by atoms with van der Waals surface area (Å²) in [5, 5.41) is 3.51. The zero-order valence-electron chi connectivity index (χ0n) is 12.8. The number of hydrogen-bond acceptors (Lipinski definition) is 4. The van der Waals surface area contributed by atoms with Gasteiger partial charge in [-0.1, -0.05) is 13.3 Å². The van der Waals surface area contributed by atoms with Crippen molar-refractivity contribution in [2.24, 2.45) is 5.92 Å². The Bertz CT molecular complexity index is 505. The van der Waals surface area contributed by atoms with Gasteiger partial charge < -0.3 is 10.2 Å². The third kappa shape index (κ3) is 3.11. The maximum Gasteiger partial charge on any atom is 0.227 e. The monoisotopic (exact) mass is 314 g/mol. The molecule has 0 spiro atoms. The summed E-state index contributed by atoms with van der Waals surface area (Å²) < 4.78 is 23.5. The molecule has 21 heavy (non-hydrogen) atoms. The third-order valence-electron chi connectivity index (χ3n) is 5.30. The van der Waals surface area contributed by atoms with E-state index in [2.05, 4.69) is 12.2 Å². The van der Waals surface area contributed by atoms with Crippen molar-refractivity contribution in [3.8, 4) is 0 Å². The van der Waals surface area contributed by atoms with Crippen LogP contribution in [0, 0.1) is 5.92 Å². The summed E-state index contributed by atoms with van der Waals surface area (Å²) in [6.45, 7) is 2.82. The van der Waals surface area contributed by atoms with E-state index < -0.39 is 9.84 Å². The molecule has 4 unspecified atom stereocenters. The molecule has 3 aliphatic rings. The topological polar surface area (TPSA) is 66.5 Å². The summed E-state index contributed by atoms with van der Waals surface area (Å²) in [4.78, 5) is 14.8. The largest absolute Gasteiger partial charge is 0.338 e. The highest BCUT2D eigenvalue weighted by molar-refractivity contribution is 7.91. The lowest BCUT2D eigenvalue weighted by Crippen LogP contribution is -2.47. The molecule has 5 nitrogen and oxygen atoms in total. The predicted octanol–water partition coefficient (Wildman–Crippen LogP) is 0.943. The summed E-state index contributed by atoms with van der Waals surface area (Å²) in [5.74, 6) is 0.674. The standard InChI is InChI=1S/C15H26N2O3S/c1-2-3-7-17(12-6-8-21(19,20)10-12)15(18)13-9-11-4-5-14(13)16-11/h11-14,16H,2-10H2,1H3. The lowest BCUT2D eigenvalue weighted by molar-refractivity contribution is -0.138. The van der Waals surface area contributed by atoms with Gasteiger partial charge in [0, 0.05) is 24.7 Å². The quantitative estimate of drug-likeness (QED) is 0.820. The van der Waals surface area contributed by atoms with Gasteiger partial charge in [0.2, 0.25) is 5.91 Å². The minimum Gasteiger partial charge on any atom is -0.338 e. The van der Waals surface area contributed by atoms with Crippen LogP contribution in [0.4, 0.5) is 0 Å². The SMILES string of the molecule is CCCCN(C(=O)C1CC2CCC1N2)C1CCS(=O)(=O)C1. The molecule has 0 aromatic rings. The fraction of sp³-hybridized carbons (Fsp3) is 0.933. The van der Waals surface area contributed by atoms with Crippen molar-refractivity contribution in [1.82, 2.24) is 10.2 Å². The number of amides is 1. The Morgan fingerprint density at radius 2 is 2.10 bits per heavy atom. The molecule has 3 heterocycles. The number of fused-ring (bicyclic) bond motifs is 2. The molecular formula is C15H26N2O3S. The minimum atomic E-state index is -2.94. The summed E-state index contributed by atoms with van der Waals surface area (Å²) in [7, 11) is -2.94. The number of nitrogens with one attached hydrogen (secondary N) is 1. The van der Waals surface area contributed by atoms with Crippen LogP contribution < -0.4 is 5.32 Å². The maximum absolute atomic E-state index is 12.9. The van der Waals surface area contributed by atoms with E-state index in [1.165, 1.54) is 6.42 Å². The van der Waals surface area contributed by atoms with Crippen LogP contribution in [-0.4, -0.2) is 55.4 Å². The van der Waals surface area contributed by atoms with Crippen molar-refractivity contribution in [3.05, 3.63) is 0 Å². The number of hydrogen-bond donors (Lipinski definition) is 1. The fourth-order valence-corrected chi connectivity index (χ4v) is 5.86. The van der Waals surface area contributed by atoms with E-state index in [1.807, 2.05) is 4.90 Å². The first-order valence-corrected chi connectivity index (χ1v) is 10.1. The van der Waals surface area contributed by atoms with Gasteiger partial charge in [-0.15, -0.1) is 0 Å². The van der Waals surface area contributed by atoms with E-state index in [1.54, 1.807) is 0 Å². The molecule has 1 N–H and O–H groups in total. The lowest BCUT2D eigenvalue weighted by atomic mass is 9.87. The number of nitrogens with zero attached hydrogens (tertiary/aromatic N) is 1. The van der Waals surface area contributed by atoms with Gasteiger partial charge in [0.05, 0.1) is 17.4 Å². The van der Waals surface area contributed by atoms with Crippen LogP contribution in [0.5, 0.6) is 0 Å². The highest BCUT2D eigenvalue weighted by Gasteiger charge is 2.46. The Kier molecular flexibility index (Phi) is 4.28. The fourth-order valence-electron chi connectivity index (χ4n) is 4.13. The van der Waals surface area contributed by atoms with Crippen molar-refractivity contribution in [3.63, 3.8) is 0 Å². The number of carbonyl (C=O) groups is 1.